The molecule has 0 unspecified atom stereocenters. The van der Waals surface area contributed by atoms with Gasteiger partial charge in [0.15, 0.2) is 11.6 Å². The Bertz CT molecular complexity index is 1380. The van der Waals surface area contributed by atoms with Gasteiger partial charge in [0.1, 0.15) is 11.4 Å². The molecule has 2 heterocycles. The first-order valence-corrected chi connectivity index (χ1v) is 10.3. The smallest absolute Gasteiger partial charge is 0.267 e. The van der Waals surface area contributed by atoms with Gasteiger partial charge in [-0.1, -0.05) is 40.9 Å². The van der Waals surface area contributed by atoms with Crippen LogP contribution in [0.4, 0.5) is 4.39 Å². The third-order valence-electron chi connectivity index (χ3n) is 4.51. The molecule has 162 valence electrons. The number of hydrogen-bond donors (Lipinski definition) is 0. The van der Waals surface area contributed by atoms with Gasteiger partial charge in [-0.05, 0) is 31.2 Å². The Labute approximate surface area is 196 Å². The summed E-state index contributed by atoms with van der Waals surface area (Å²) in [6.45, 7) is 1.76. The summed E-state index contributed by atoms with van der Waals surface area (Å²) in [5.74, 6) is -0.405. The summed E-state index contributed by atoms with van der Waals surface area (Å²) in [7, 11) is 1.70. The summed E-state index contributed by atoms with van der Waals surface area (Å²) in [5.41, 5.74) is 1.57. The molecule has 0 saturated carbocycles. The molecule has 0 fully saturated rings. The zero-order valence-electron chi connectivity index (χ0n) is 16.7. The highest BCUT2D eigenvalue weighted by molar-refractivity contribution is 6.33. The maximum absolute atomic E-state index is 15.2. The molecule has 0 saturated heterocycles. The van der Waals surface area contributed by atoms with E-state index in [1.165, 1.54) is 35.0 Å². The number of nitrogens with zero attached hydrogens (tertiary/aromatic N) is 5. The molecule has 0 spiro atoms. The summed E-state index contributed by atoms with van der Waals surface area (Å²) in [5, 5.41) is 22.0. The van der Waals surface area contributed by atoms with Gasteiger partial charge in [-0.15, -0.1) is 10.2 Å². The van der Waals surface area contributed by atoms with Crippen molar-refractivity contribution in [1.82, 2.24) is 20.0 Å². The highest BCUT2D eigenvalue weighted by Gasteiger charge is 2.21. The van der Waals surface area contributed by atoms with Crippen molar-refractivity contribution in [2.75, 3.05) is 0 Å². The lowest BCUT2D eigenvalue weighted by molar-refractivity contribution is 0.437. The Hall–Kier alpha value is -3.12. The fourth-order valence-corrected chi connectivity index (χ4v) is 3.71. The fraction of sp³-hybridized carbons (Fsp3) is 0.143. The van der Waals surface area contributed by atoms with Crippen LogP contribution < -0.4 is 4.74 Å². The van der Waals surface area contributed by atoms with Gasteiger partial charge in [0, 0.05) is 17.6 Å². The minimum atomic E-state index is -0.704. The van der Waals surface area contributed by atoms with Crippen molar-refractivity contribution >= 4 is 34.8 Å². The quantitative estimate of drug-likeness (QED) is 0.333. The van der Waals surface area contributed by atoms with Gasteiger partial charge < -0.3 is 9.15 Å². The lowest BCUT2D eigenvalue weighted by atomic mass is 10.1. The Morgan fingerprint density at radius 2 is 1.97 bits per heavy atom. The maximum Gasteiger partial charge on any atom is 0.267 e. The number of aromatic nitrogens is 4. The molecule has 2 aromatic carbocycles. The zero-order valence-corrected chi connectivity index (χ0v) is 18.9. The molecule has 4 aromatic rings. The average Bonchev–Trinajstić information content (AvgIpc) is 3.30. The molecule has 0 aliphatic carbocycles. The summed E-state index contributed by atoms with van der Waals surface area (Å²) < 4.78 is 28.0. The number of halogens is 4. The van der Waals surface area contributed by atoms with Gasteiger partial charge in [0.05, 0.1) is 33.8 Å². The van der Waals surface area contributed by atoms with Gasteiger partial charge >= 0.3 is 0 Å². The van der Waals surface area contributed by atoms with E-state index in [9.17, 15) is 0 Å². The van der Waals surface area contributed by atoms with Crippen LogP contribution in [0.25, 0.3) is 11.6 Å². The minimum Gasteiger partial charge on any atom is -0.453 e. The van der Waals surface area contributed by atoms with Crippen LogP contribution >= 0.6 is 34.8 Å². The highest BCUT2D eigenvalue weighted by atomic mass is 35.5. The number of rotatable bonds is 5. The number of aryl methyl sites for hydroxylation is 2. The predicted octanol–water partition coefficient (Wildman–Crippen LogP) is 6.13. The van der Waals surface area contributed by atoms with Gasteiger partial charge in [-0.2, -0.15) is 10.4 Å². The van der Waals surface area contributed by atoms with E-state index in [0.717, 1.165) is 0 Å². The number of benzene rings is 2. The molecular formula is C21H13Cl3FN5O2. The molecular weight excluding hydrogens is 480 g/mol. The first-order valence-electron chi connectivity index (χ1n) is 9.14. The number of ether oxygens (including phenoxy) is 1. The van der Waals surface area contributed by atoms with Crippen molar-refractivity contribution in [3.05, 3.63) is 73.9 Å². The van der Waals surface area contributed by atoms with Crippen LogP contribution in [0.2, 0.25) is 15.1 Å². The number of hydrogen-bond acceptors (Lipinski definition) is 6. The van der Waals surface area contributed by atoms with Crippen LogP contribution in [0.5, 0.6) is 11.5 Å². The SMILES string of the molecule is Cc1nn(C)c(-c2nnc(Cc3ccc(Cl)c(Oc4cc(Cl)cc(C#N)c4)c3F)o2)c1Cl. The first kappa shape index (κ1) is 22.1. The number of nitriles is 1. The van der Waals surface area contributed by atoms with Crippen molar-refractivity contribution in [3.63, 3.8) is 0 Å². The fourth-order valence-electron chi connectivity index (χ4n) is 3.06. The van der Waals surface area contributed by atoms with Crippen molar-refractivity contribution in [3.8, 4) is 29.2 Å². The third kappa shape index (κ3) is 4.28. The predicted molar refractivity (Wildman–Crippen MR) is 117 cm³/mol. The summed E-state index contributed by atoms with van der Waals surface area (Å²) in [4.78, 5) is 0. The molecule has 32 heavy (non-hydrogen) atoms. The Morgan fingerprint density at radius 1 is 1.19 bits per heavy atom. The molecule has 0 radical (unpaired) electrons. The second kappa shape index (κ2) is 8.79. The van der Waals surface area contributed by atoms with E-state index in [0.29, 0.717) is 16.4 Å². The lowest BCUT2D eigenvalue weighted by Gasteiger charge is -2.11. The van der Waals surface area contributed by atoms with Crippen LogP contribution in [-0.4, -0.2) is 20.0 Å². The van der Waals surface area contributed by atoms with E-state index < -0.39 is 5.82 Å². The molecule has 2 aromatic heterocycles. The third-order valence-corrected chi connectivity index (χ3v) is 5.48. The van der Waals surface area contributed by atoms with E-state index in [2.05, 4.69) is 15.3 Å². The van der Waals surface area contributed by atoms with Crippen LogP contribution in [0.1, 0.15) is 22.7 Å². The van der Waals surface area contributed by atoms with Gasteiger partial charge in [0.2, 0.25) is 5.89 Å². The Morgan fingerprint density at radius 3 is 2.66 bits per heavy atom. The Kier molecular flexibility index (Phi) is 6.07. The molecule has 0 aliphatic rings. The molecule has 7 nitrogen and oxygen atoms in total. The van der Waals surface area contributed by atoms with Crippen molar-refractivity contribution in [2.24, 2.45) is 7.05 Å². The molecule has 0 bridgehead atoms. The summed E-state index contributed by atoms with van der Waals surface area (Å²) in [6.07, 6.45) is -0.0141. The van der Waals surface area contributed by atoms with Crippen LogP contribution in [0.3, 0.4) is 0 Å². The van der Waals surface area contributed by atoms with Crippen molar-refractivity contribution < 1.29 is 13.5 Å². The van der Waals surface area contributed by atoms with Crippen LogP contribution in [-0.2, 0) is 13.5 Å². The first-order chi connectivity index (χ1) is 15.3. The standard InChI is InChI=1S/C21H13Cl3FN5O2/c1-10-17(24)19(30(2)29-10)21-28-27-16(32-21)7-12-3-4-15(23)20(18(12)25)31-14-6-11(9-26)5-13(22)8-14/h3-6,8H,7H2,1-2H3. The Balaban J connectivity index is 1.63. The second-order valence-electron chi connectivity index (χ2n) is 6.79. The summed E-state index contributed by atoms with van der Waals surface area (Å²) >= 11 is 18.4. The largest absolute Gasteiger partial charge is 0.453 e. The molecule has 0 atom stereocenters. The summed E-state index contributed by atoms with van der Waals surface area (Å²) in [6, 6.07) is 9.29. The molecule has 0 aliphatic heterocycles. The van der Waals surface area contributed by atoms with Gasteiger partial charge in [-0.3, -0.25) is 4.68 Å². The average molecular weight is 493 g/mol. The highest BCUT2D eigenvalue weighted by Crippen LogP contribution is 2.36. The topological polar surface area (TPSA) is 89.8 Å². The van der Waals surface area contributed by atoms with E-state index >= 15 is 4.39 Å². The second-order valence-corrected chi connectivity index (χ2v) is 8.01. The molecule has 4 rings (SSSR count). The molecule has 0 amide bonds. The van der Waals surface area contributed by atoms with Crippen molar-refractivity contribution in [1.29, 1.82) is 5.26 Å². The van der Waals surface area contributed by atoms with E-state index in [1.54, 1.807) is 14.0 Å². The van der Waals surface area contributed by atoms with Crippen LogP contribution in [0.15, 0.2) is 34.7 Å². The van der Waals surface area contributed by atoms with E-state index in [4.69, 9.17) is 49.2 Å². The van der Waals surface area contributed by atoms with Gasteiger partial charge in [0.25, 0.3) is 5.89 Å². The van der Waals surface area contributed by atoms with E-state index in [1.807, 2.05) is 6.07 Å². The molecule has 11 heteroatoms. The zero-order chi connectivity index (χ0) is 23.0. The molecule has 0 N–H and O–H groups in total. The lowest BCUT2D eigenvalue weighted by Crippen LogP contribution is -1.98. The van der Waals surface area contributed by atoms with Crippen LogP contribution in [0, 0.1) is 24.1 Å². The monoisotopic (exact) mass is 491 g/mol. The van der Waals surface area contributed by atoms with Crippen molar-refractivity contribution in [2.45, 2.75) is 13.3 Å². The maximum atomic E-state index is 15.2. The normalized spacial score (nSPS) is 10.9. The van der Waals surface area contributed by atoms with E-state index in [-0.39, 0.29) is 50.9 Å². The minimum absolute atomic E-state index is 0.0141. The van der Waals surface area contributed by atoms with Gasteiger partial charge in [-0.25, -0.2) is 4.39 Å².